The third-order valence-corrected chi connectivity index (χ3v) is 3.52. The summed E-state index contributed by atoms with van der Waals surface area (Å²) in [7, 11) is 1.61. The predicted octanol–water partition coefficient (Wildman–Crippen LogP) is 3.60. The standard InChI is InChI=1S/C18H18N2O3/c1-11(21)7-9-14-17(15-10-8-12(2)23-15)13-5-4-6-16(22-3)18(13)20-19-14/h4-11,21H,1-3H3/b9-7+. The molecule has 1 unspecified atom stereocenters. The Kier molecular flexibility index (Phi) is 4.12. The van der Waals surface area contributed by atoms with E-state index in [-0.39, 0.29) is 0 Å². The Bertz CT molecular complexity index is 866. The van der Waals surface area contributed by atoms with Crippen LogP contribution in [0.3, 0.4) is 0 Å². The quantitative estimate of drug-likeness (QED) is 0.797. The summed E-state index contributed by atoms with van der Waals surface area (Å²) >= 11 is 0. The van der Waals surface area contributed by atoms with Crippen LogP contribution in [0.25, 0.3) is 28.3 Å². The molecule has 23 heavy (non-hydrogen) atoms. The van der Waals surface area contributed by atoms with Gasteiger partial charge in [0.2, 0.25) is 0 Å². The molecule has 118 valence electrons. The molecule has 0 amide bonds. The van der Waals surface area contributed by atoms with E-state index >= 15 is 0 Å². The topological polar surface area (TPSA) is 68.4 Å². The van der Waals surface area contributed by atoms with E-state index in [4.69, 9.17) is 9.15 Å². The minimum absolute atomic E-state index is 0.566. The van der Waals surface area contributed by atoms with E-state index in [1.165, 1.54) is 0 Å². The highest BCUT2D eigenvalue weighted by Gasteiger charge is 2.16. The highest BCUT2D eigenvalue weighted by molar-refractivity contribution is 5.98. The maximum Gasteiger partial charge on any atom is 0.147 e. The molecule has 0 radical (unpaired) electrons. The van der Waals surface area contributed by atoms with Crippen molar-refractivity contribution in [2.45, 2.75) is 20.0 Å². The summed E-state index contributed by atoms with van der Waals surface area (Å²) in [5.41, 5.74) is 2.15. The van der Waals surface area contributed by atoms with Crippen molar-refractivity contribution in [3.63, 3.8) is 0 Å². The summed E-state index contributed by atoms with van der Waals surface area (Å²) in [6.07, 6.45) is 2.85. The van der Waals surface area contributed by atoms with Crippen LogP contribution >= 0.6 is 0 Å². The molecule has 3 aromatic rings. The van der Waals surface area contributed by atoms with Crippen molar-refractivity contribution in [1.29, 1.82) is 0 Å². The smallest absolute Gasteiger partial charge is 0.147 e. The summed E-state index contributed by atoms with van der Waals surface area (Å²) in [5, 5.41) is 18.9. The molecule has 3 rings (SSSR count). The molecule has 0 aliphatic heterocycles. The second-order valence-electron chi connectivity index (χ2n) is 5.33. The van der Waals surface area contributed by atoms with Gasteiger partial charge in [-0.15, -0.1) is 10.2 Å². The van der Waals surface area contributed by atoms with E-state index < -0.39 is 6.10 Å². The van der Waals surface area contributed by atoms with E-state index in [1.54, 1.807) is 26.2 Å². The minimum Gasteiger partial charge on any atom is -0.494 e. The van der Waals surface area contributed by atoms with Crippen molar-refractivity contribution in [1.82, 2.24) is 10.2 Å². The van der Waals surface area contributed by atoms with Crippen molar-refractivity contribution in [3.8, 4) is 17.1 Å². The highest BCUT2D eigenvalue weighted by Crippen LogP contribution is 2.35. The number of aromatic nitrogens is 2. The van der Waals surface area contributed by atoms with Crippen LogP contribution in [0.4, 0.5) is 0 Å². The van der Waals surface area contributed by atoms with Gasteiger partial charge in [-0.1, -0.05) is 18.2 Å². The molecule has 2 heterocycles. The van der Waals surface area contributed by atoms with Crippen molar-refractivity contribution in [3.05, 3.63) is 47.9 Å². The van der Waals surface area contributed by atoms with Crippen molar-refractivity contribution >= 4 is 17.0 Å². The SMILES string of the molecule is COc1cccc2c(-c3ccc(C)o3)c(/C=C/C(C)O)nnc12. The number of fused-ring (bicyclic) bond motifs is 1. The zero-order chi connectivity index (χ0) is 16.4. The molecule has 0 aliphatic carbocycles. The van der Waals surface area contributed by atoms with E-state index in [2.05, 4.69) is 10.2 Å². The Morgan fingerprint density at radius 1 is 1.22 bits per heavy atom. The maximum atomic E-state index is 9.50. The van der Waals surface area contributed by atoms with Gasteiger partial charge in [0.25, 0.3) is 0 Å². The number of aliphatic hydroxyl groups is 1. The van der Waals surface area contributed by atoms with Crippen LogP contribution in [0.5, 0.6) is 5.75 Å². The van der Waals surface area contributed by atoms with E-state index in [1.807, 2.05) is 37.3 Å². The van der Waals surface area contributed by atoms with Gasteiger partial charge in [0.1, 0.15) is 22.8 Å². The summed E-state index contributed by atoms with van der Waals surface area (Å²) in [6, 6.07) is 9.53. The van der Waals surface area contributed by atoms with Gasteiger partial charge in [0, 0.05) is 5.39 Å². The van der Waals surface area contributed by atoms with E-state index in [0.29, 0.717) is 22.7 Å². The van der Waals surface area contributed by atoms with Crippen LogP contribution in [0.15, 0.2) is 40.8 Å². The number of hydrogen-bond acceptors (Lipinski definition) is 5. The molecule has 5 heteroatoms. The molecule has 1 aromatic carbocycles. The lowest BCUT2D eigenvalue weighted by Gasteiger charge is -2.09. The van der Waals surface area contributed by atoms with Crippen LogP contribution in [-0.4, -0.2) is 28.5 Å². The zero-order valence-corrected chi connectivity index (χ0v) is 13.3. The largest absolute Gasteiger partial charge is 0.494 e. The number of benzene rings is 1. The summed E-state index contributed by atoms with van der Waals surface area (Å²) < 4.78 is 11.2. The van der Waals surface area contributed by atoms with Gasteiger partial charge in [0.05, 0.1) is 24.5 Å². The van der Waals surface area contributed by atoms with Gasteiger partial charge >= 0.3 is 0 Å². The molecule has 0 saturated heterocycles. The molecule has 0 fully saturated rings. The lowest BCUT2D eigenvalue weighted by atomic mass is 10.0. The average Bonchev–Trinajstić information content (AvgIpc) is 2.97. The van der Waals surface area contributed by atoms with E-state index in [0.717, 1.165) is 16.7 Å². The summed E-state index contributed by atoms with van der Waals surface area (Å²) in [5.74, 6) is 2.18. The Hall–Kier alpha value is -2.66. The minimum atomic E-state index is -0.566. The van der Waals surface area contributed by atoms with Crippen LogP contribution < -0.4 is 4.74 Å². The first-order valence-electron chi connectivity index (χ1n) is 7.36. The fraction of sp³-hybridized carbons (Fsp3) is 0.222. The number of rotatable bonds is 4. The van der Waals surface area contributed by atoms with Crippen LogP contribution in [-0.2, 0) is 0 Å². The number of furan rings is 1. The Morgan fingerprint density at radius 3 is 2.70 bits per heavy atom. The van der Waals surface area contributed by atoms with Gasteiger partial charge in [-0.3, -0.25) is 0 Å². The number of hydrogen-bond donors (Lipinski definition) is 1. The monoisotopic (exact) mass is 310 g/mol. The first kappa shape index (κ1) is 15.2. The van der Waals surface area contributed by atoms with Crippen LogP contribution in [0.1, 0.15) is 18.4 Å². The molecule has 0 spiro atoms. The number of ether oxygens (including phenoxy) is 1. The summed E-state index contributed by atoms with van der Waals surface area (Å²) in [4.78, 5) is 0. The molecule has 0 saturated carbocycles. The summed E-state index contributed by atoms with van der Waals surface area (Å²) in [6.45, 7) is 3.58. The number of aliphatic hydroxyl groups excluding tert-OH is 1. The fourth-order valence-corrected chi connectivity index (χ4v) is 2.46. The third-order valence-electron chi connectivity index (χ3n) is 3.52. The van der Waals surface area contributed by atoms with Crippen LogP contribution in [0.2, 0.25) is 0 Å². The fourth-order valence-electron chi connectivity index (χ4n) is 2.46. The molecule has 0 aliphatic rings. The van der Waals surface area contributed by atoms with Crippen molar-refractivity contribution < 1.29 is 14.3 Å². The van der Waals surface area contributed by atoms with Crippen molar-refractivity contribution in [2.24, 2.45) is 0 Å². The molecular formula is C18H18N2O3. The maximum absolute atomic E-state index is 9.50. The zero-order valence-electron chi connectivity index (χ0n) is 13.3. The van der Waals surface area contributed by atoms with Gasteiger partial charge in [0.15, 0.2) is 0 Å². The number of nitrogens with zero attached hydrogens (tertiary/aromatic N) is 2. The van der Waals surface area contributed by atoms with E-state index in [9.17, 15) is 5.11 Å². The molecule has 5 nitrogen and oxygen atoms in total. The molecule has 0 bridgehead atoms. The van der Waals surface area contributed by atoms with Crippen molar-refractivity contribution in [2.75, 3.05) is 7.11 Å². The molecule has 1 N–H and O–H groups in total. The Morgan fingerprint density at radius 2 is 2.04 bits per heavy atom. The second kappa shape index (κ2) is 6.22. The molecule has 1 atom stereocenters. The second-order valence-corrected chi connectivity index (χ2v) is 5.33. The third kappa shape index (κ3) is 2.96. The lowest BCUT2D eigenvalue weighted by Crippen LogP contribution is -1.98. The van der Waals surface area contributed by atoms with Gasteiger partial charge in [-0.25, -0.2) is 0 Å². The molecule has 2 aromatic heterocycles. The van der Waals surface area contributed by atoms with Gasteiger partial charge in [-0.05, 0) is 38.1 Å². The highest BCUT2D eigenvalue weighted by atomic mass is 16.5. The lowest BCUT2D eigenvalue weighted by molar-refractivity contribution is 0.245. The van der Waals surface area contributed by atoms with Gasteiger partial charge < -0.3 is 14.3 Å². The van der Waals surface area contributed by atoms with Gasteiger partial charge in [-0.2, -0.15) is 0 Å². The number of methoxy groups -OCH3 is 1. The Balaban J connectivity index is 2.31. The molecular weight excluding hydrogens is 292 g/mol. The predicted molar refractivity (Wildman–Crippen MR) is 89.2 cm³/mol. The average molecular weight is 310 g/mol. The van der Waals surface area contributed by atoms with Crippen LogP contribution in [0, 0.1) is 6.92 Å². The number of aryl methyl sites for hydroxylation is 1. The Labute approximate surface area is 134 Å². The first-order chi connectivity index (χ1) is 11.1. The normalized spacial score (nSPS) is 12.9. The first-order valence-corrected chi connectivity index (χ1v) is 7.36.